The van der Waals surface area contributed by atoms with Gasteiger partial charge in [0.2, 0.25) is 0 Å². The normalized spacial score (nSPS) is 12.2. The Kier molecular flexibility index (Phi) is 20.4. The van der Waals surface area contributed by atoms with Gasteiger partial charge < -0.3 is 9.47 Å². The molecule has 29 heavy (non-hydrogen) atoms. The van der Waals surface area contributed by atoms with Gasteiger partial charge in [-0.25, -0.2) is 0 Å². The van der Waals surface area contributed by atoms with Crippen molar-refractivity contribution < 1.29 is 19.1 Å². The highest BCUT2D eigenvalue weighted by molar-refractivity contribution is 5.71. The van der Waals surface area contributed by atoms with Gasteiger partial charge in [0.05, 0.1) is 13.5 Å². The molecule has 0 saturated heterocycles. The number of methoxy groups -OCH3 is 1. The highest BCUT2D eigenvalue weighted by Gasteiger charge is 2.11. The highest BCUT2D eigenvalue weighted by atomic mass is 16.5. The maximum absolute atomic E-state index is 12.0. The first kappa shape index (κ1) is 27.7. The number of unbranched alkanes of at least 4 members (excludes halogenated alkanes) is 11. The summed E-state index contributed by atoms with van der Waals surface area (Å²) < 4.78 is 10.3. The van der Waals surface area contributed by atoms with Crippen molar-refractivity contribution in [2.45, 2.75) is 129 Å². The Morgan fingerprint density at radius 2 is 1.38 bits per heavy atom. The number of esters is 2. The zero-order valence-electron chi connectivity index (χ0n) is 19.4. The summed E-state index contributed by atoms with van der Waals surface area (Å²) in [5.41, 5.74) is 0. The van der Waals surface area contributed by atoms with E-state index < -0.39 is 0 Å². The van der Waals surface area contributed by atoms with E-state index in [4.69, 9.17) is 4.74 Å². The number of allylic oxidation sites excluding steroid dienone is 1. The molecule has 0 heterocycles. The van der Waals surface area contributed by atoms with Crippen molar-refractivity contribution in [2.75, 3.05) is 7.11 Å². The van der Waals surface area contributed by atoms with E-state index in [2.05, 4.69) is 24.7 Å². The Labute approximate surface area is 179 Å². The Balaban J connectivity index is 3.61. The SMILES string of the molecule is CCCCCCCC/C=C/CC(=O)OC(CC)CCCCCCCCC(=O)OC. The molecule has 0 fully saturated rings. The summed E-state index contributed by atoms with van der Waals surface area (Å²) in [5.74, 6) is -0.214. The molecule has 4 nitrogen and oxygen atoms in total. The first-order valence-corrected chi connectivity index (χ1v) is 12.0. The van der Waals surface area contributed by atoms with Gasteiger partial charge >= 0.3 is 11.9 Å². The molecular weight excluding hydrogens is 364 g/mol. The largest absolute Gasteiger partial charge is 0.469 e. The Morgan fingerprint density at radius 1 is 0.759 bits per heavy atom. The second-order valence-corrected chi connectivity index (χ2v) is 7.99. The number of carbonyl (C=O) groups excluding carboxylic acids is 2. The van der Waals surface area contributed by atoms with Gasteiger partial charge in [0.1, 0.15) is 6.10 Å². The van der Waals surface area contributed by atoms with Crippen molar-refractivity contribution in [3.63, 3.8) is 0 Å². The molecule has 0 amide bonds. The van der Waals surface area contributed by atoms with Crippen LogP contribution in [0.15, 0.2) is 12.2 Å². The third-order valence-corrected chi connectivity index (χ3v) is 5.31. The summed E-state index contributed by atoms with van der Waals surface area (Å²) in [4.78, 5) is 23.0. The monoisotopic (exact) mass is 410 g/mol. The van der Waals surface area contributed by atoms with Crippen LogP contribution in [0.1, 0.15) is 123 Å². The topological polar surface area (TPSA) is 52.6 Å². The Bertz CT molecular complexity index is 417. The smallest absolute Gasteiger partial charge is 0.309 e. The van der Waals surface area contributed by atoms with Crippen molar-refractivity contribution in [1.29, 1.82) is 0 Å². The fraction of sp³-hybridized carbons (Fsp3) is 0.840. The summed E-state index contributed by atoms with van der Waals surface area (Å²) >= 11 is 0. The van der Waals surface area contributed by atoms with Gasteiger partial charge in [-0.15, -0.1) is 0 Å². The Morgan fingerprint density at radius 3 is 2.03 bits per heavy atom. The molecule has 0 aliphatic carbocycles. The highest BCUT2D eigenvalue weighted by Crippen LogP contribution is 2.14. The van der Waals surface area contributed by atoms with Crippen LogP contribution in [0, 0.1) is 0 Å². The second kappa shape index (κ2) is 21.4. The molecule has 0 spiro atoms. The van der Waals surface area contributed by atoms with Crippen LogP contribution in [0.2, 0.25) is 0 Å². The van der Waals surface area contributed by atoms with Crippen LogP contribution >= 0.6 is 0 Å². The first-order chi connectivity index (χ1) is 14.1. The van der Waals surface area contributed by atoms with E-state index in [1.807, 2.05) is 6.08 Å². The van der Waals surface area contributed by atoms with E-state index in [1.165, 1.54) is 52.1 Å². The number of hydrogen-bond donors (Lipinski definition) is 0. The van der Waals surface area contributed by atoms with Gasteiger partial charge in [-0.2, -0.15) is 0 Å². The van der Waals surface area contributed by atoms with E-state index in [9.17, 15) is 9.59 Å². The number of carbonyl (C=O) groups is 2. The lowest BCUT2D eigenvalue weighted by molar-refractivity contribution is -0.148. The van der Waals surface area contributed by atoms with Gasteiger partial charge in [0.15, 0.2) is 0 Å². The zero-order chi connectivity index (χ0) is 21.6. The summed E-state index contributed by atoms with van der Waals surface area (Å²) in [5, 5.41) is 0. The minimum absolute atomic E-state index is 0.0498. The van der Waals surface area contributed by atoms with Crippen molar-refractivity contribution in [2.24, 2.45) is 0 Å². The molecule has 0 N–H and O–H groups in total. The summed E-state index contributed by atoms with van der Waals surface area (Å²) in [7, 11) is 1.44. The third kappa shape index (κ3) is 19.8. The van der Waals surface area contributed by atoms with Crippen LogP contribution in [0.25, 0.3) is 0 Å². The van der Waals surface area contributed by atoms with Crippen LogP contribution in [-0.2, 0) is 19.1 Å². The lowest BCUT2D eigenvalue weighted by atomic mass is 10.0. The van der Waals surface area contributed by atoms with Crippen molar-refractivity contribution in [3.05, 3.63) is 12.2 Å². The van der Waals surface area contributed by atoms with E-state index in [-0.39, 0.29) is 18.0 Å². The average Bonchev–Trinajstić information content (AvgIpc) is 2.73. The summed E-state index contributed by atoms with van der Waals surface area (Å²) in [6.45, 7) is 4.32. The van der Waals surface area contributed by atoms with Gasteiger partial charge in [0, 0.05) is 6.42 Å². The number of hydrogen-bond acceptors (Lipinski definition) is 4. The molecule has 1 unspecified atom stereocenters. The zero-order valence-corrected chi connectivity index (χ0v) is 19.4. The lowest BCUT2D eigenvalue weighted by Gasteiger charge is -2.15. The van der Waals surface area contributed by atoms with E-state index in [0.717, 1.165) is 51.4 Å². The molecule has 0 aromatic carbocycles. The van der Waals surface area contributed by atoms with Crippen molar-refractivity contribution >= 4 is 11.9 Å². The molecular formula is C25H46O4. The standard InChI is InChI=1S/C25H46O4/c1-4-6-7-8-9-10-11-16-19-22-25(27)29-23(5-2)20-17-14-12-13-15-18-21-24(26)28-3/h16,19,23H,4-15,17-18,20-22H2,1-3H3/b19-16+. The van der Waals surface area contributed by atoms with E-state index in [1.54, 1.807) is 0 Å². The molecule has 0 rings (SSSR count). The predicted molar refractivity (Wildman–Crippen MR) is 121 cm³/mol. The molecule has 0 aliphatic rings. The minimum atomic E-state index is -0.116. The molecule has 0 aromatic heterocycles. The summed E-state index contributed by atoms with van der Waals surface area (Å²) in [6.07, 6.45) is 22.3. The molecule has 4 heteroatoms. The fourth-order valence-corrected chi connectivity index (χ4v) is 3.37. The van der Waals surface area contributed by atoms with Crippen LogP contribution in [0.4, 0.5) is 0 Å². The van der Waals surface area contributed by atoms with Gasteiger partial charge in [-0.3, -0.25) is 9.59 Å². The van der Waals surface area contributed by atoms with Crippen LogP contribution < -0.4 is 0 Å². The molecule has 170 valence electrons. The Hall–Kier alpha value is -1.32. The van der Waals surface area contributed by atoms with Gasteiger partial charge in [-0.05, 0) is 38.5 Å². The van der Waals surface area contributed by atoms with E-state index >= 15 is 0 Å². The van der Waals surface area contributed by atoms with E-state index in [0.29, 0.717) is 12.8 Å². The van der Waals surface area contributed by atoms with Crippen LogP contribution in [0.3, 0.4) is 0 Å². The molecule has 0 saturated carbocycles. The molecule has 0 aliphatic heterocycles. The van der Waals surface area contributed by atoms with Crippen molar-refractivity contribution in [3.8, 4) is 0 Å². The van der Waals surface area contributed by atoms with Crippen LogP contribution in [0.5, 0.6) is 0 Å². The second-order valence-electron chi connectivity index (χ2n) is 7.99. The minimum Gasteiger partial charge on any atom is -0.469 e. The van der Waals surface area contributed by atoms with Crippen molar-refractivity contribution in [1.82, 2.24) is 0 Å². The number of rotatable bonds is 20. The van der Waals surface area contributed by atoms with Crippen LogP contribution in [-0.4, -0.2) is 25.2 Å². The summed E-state index contributed by atoms with van der Waals surface area (Å²) in [6, 6.07) is 0. The number of ether oxygens (including phenoxy) is 2. The quantitative estimate of drug-likeness (QED) is 0.120. The molecule has 0 aromatic rings. The molecule has 0 radical (unpaired) electrons. The van der Waals surface area contributed by atoms with Gasteiger partial charge in [0.25, 0.3) is 0 Å². The molecule has 1 atom stereocenters. The third-order valence-electron chi connectivity index (χ3n) is 5.31. The lowest BCUT2D eigenvalue weighted by Crippen LogP contribution is -2.16. The average molecular weight is 411 g/mol. The maximum Gasteiger partial charge on any atom is 0.309 e. The van der Waals surface area contributed by atoms with Gasteiger partial charge in [-0.1, -0.05) is 83.8 Å². The fourth-order valence-electron chi connectivity index (χ4n) is 3.37. The predicted octanol–water partition coefficient (Wildman–Crippen LogP) is 7.30. The first-order valence-electron chi connectivity index (χ1n) is 12.0. The molecule has 0 bridgehead atoms. The maximum atomic E-state index is 12.0.